The molecule has 2 aliphatic rings. The molecule has 0 amide bonds. The van der Waals surface area contributed by atoms with Gasteiger partial charge in [0.1, 0.15) is 17.7 Å². The number of benzene rings is 2. The number of anilines is 1. The first kappa shape index (κ1) is 15.1. The molecule has 0 unspecified atom stereocenters. The molecule has 3 aromatic rings. The number of rotatable bonds is 1. The molecule has 126 valence electrons. The number of para-hydroxylation sites is 2. The highest BCUT2D eigenvalue weighted by Crippen LogP contribution is 2.40. The highest BCUT2D eigenvalue weighted by atomic mass is 35.5. The average molecular weight is 373 g/mol. The van der Waals surface area contributed by atoms with Gasteiger partial charge in [-0.1, -0.05) is 35.3 Å². The van der Waals surface area contributed by atoms with E-state index in [0.29, 0.717) is 23.3 Å². The Morgan fingerprint density at radius 3 is 2.88 bits per heavy atom. The second-order valence-corrected chi connectivity index (χ2v) is 7.02. The van der Waals surface area contributed by atoms with Crippen molar-refractivity contribution in [2.45, 2.75) is 12.8 Å². The van der Waals surface area contributed by atoms with Gasteiger partial charge in [-0.2, -0.15) is 0 Å². The summed E-state index contributed by atoms with van der Waals surface area (Å²) in [7, 11) is 0. The van der Waals surface area contributed by atoms with Crippen molar-refractivity contribution in [1.82, 2.24) is 14.9 Å². The van der Waals surface area contributed by atoms with Gasteiger partial charge in [-0.05, 0) is 30.3 Å². The molecule has 5 rings (SSSR count). The van der Waals surface area contributed by atoms with Crippen molar-refractivity contribution in [1.29, 1.82) is 0 Å². The van der Waals surface area contributed by atoms with Gasteiger partial charge >= 0.3 is 0 Å². The Hall–Kier alpha value is -2.21. The van der Waals surface area contributed by atoms with E-state index in [4.69, 9.17) is 28.2 Å². The standard InChI is InChI=1S/C18H14Cl2N4O/c19-10-5-6-11(20)14(7-10)23-8-15(25)16-17(23)21-9-24-13-4-2-1-3-12(13)22-18(16)24/h1-7,15,21,25H,8-9H2/t15-/m1/s1. The summed E-state index contributed by atoms with van der Waals surface area (Å²) in [4.78, 5) is 6.70. The minimum Gasteiger partial charge on any atom is -0.386 e. The SMILES string of the molecule is O[C@@H]1CN(c2cc(Cl)ccc2Cl)C2=C1c1nc3ccccc3n1CN2. The van der Waals surface area contributed by atoms with Crippen LogP contribution in [0.2, 0.25) is 10.0 Å². The number of hydrogen-bond acceptors (Lipinski definition) is 4. The Kier molecular flexibility index (Phi) is 3.25. The summed E-state index contributed by atoms with van der Waals surface area (Å²) in [5.74, 6) is 1.63. The highest BCUT2D eigenvalue weighted by Gasteiger charge is 2.38. The lowest BCUT2D eigenvalue weighted by molar-refractivity contribution is 0.246. The number of aliphatic hydroxyl groups is 1. The zero-order valence-electron chi connectivity index (χ0n) is 13.1. The average Bonchev–Trinajstić information content (AvgIpc) is 3.15. The fraction of sp³-hybridized carbons (Fsp3) is 0.167. The first-order chi connectivity index (χ1) is 12.1. The predicted octanol–water partition coefficient (Wildman–Crippen LogP) is 3.45. The maximum Gasteiger partial charge on any atom is 0.144 e. The first-order valence-electron chi connectivity index (χ1n) is 7.98. The number of β-amino-alcohol motifs (C(OH)–C–C–N with tert-alkyl or cyclic N) is 1. The number of aromatic nitrogens is 2. The molecule has 0 spiro atoms. The van der Waals surface area contributed by atoms with Gasteiger partial charge in [0, 0.05) is 5.02 Å². The summed E-state index contributed by atoms with van der Waals surface area (Å²) >= 11 is 12.5. The van der Waals surface area contributed by atoms with Crippen LogP contribution in [0.4, 0.5) is 5.69 Å². The van der Waals surface area contributed by atoms with Gasteiger partial charge in [-0.15, -0.1) is 0 Å². The van der Waals surface area contributed by atoms with Crippen LogP contribution < -0.4 is 10.2 Å². The van der Waals surface area contributed by atoms with Crippen LogP contribution in [-0.2, 0) is 6.67 Å². The van der Waals surface area contributed by atoms with Gasteiger partial charge in [-0.25, -0.2) is 4.98 Å². The number of nitrogens with one attached hydrogen (secondary N) is 1. The van der Waals surface area contributed by atoms with Crippen LogP contribution in [0.25, 0.3) is 16.6 Å². The first-order valence-corrected chi connectivity index (χ1v) is 8.73. The molecule has 0 saturated carbocycles. The molecule has 1 atom stereocenters. The van der Waals surface area contributed by atoms with Gasteiger partial charge in [0.25, 0.3) is 0 Å². The van der Waals surface area contributed by atoms with E-state index < -0.39 is 6.10 Å². The molecule has 5 nitrogen and oxygen atoms in total. The number of fused-ring (bicyclic) bond motifs is 4. The summed E-state index contributed by atoms with van der Waals surface area (Å²) in [6.45, 7) is 0.983. The lowest BCUT2D eigenvalue weighted by Gasteiger charge is -2.27. The van der Waals surface area contributed by atoms with Crippen molar-refractivity contribution in [3.63, 3.8) is 0 Å². The molecule has 0 bridgehead atoms. The van der Waals surface area contributed by atoms with E-state index in [1.165, 1.54) is 0 Å². The number of aliphatic hydroxyl groups excluding tert-OH is 1. The van der Waals surface area contributed by atoms with Crippen molar-refractivity contribution in [3.8, 4) is 0 Å². The number of nitrogens with zero attached hydrogens (tertiary/aromatic N) is 3. The van der Waals surface area contributed by atoms with Crippen molar-refractivity contribution < 1.29 is 5.11 Å². The summed E-state index contributed by atoms with van der Waals surface area (Å²) in [6, 6.07) is 13.3. The van der Waals surface area contributed by atoms with Gasteiger partial charge < -0.3 is 19.9 Å². The molecule has 2 aliphatic heterocycles. The van der Waals surface area contributed by atoms with E-state index in [2.05, 4.69) is 9.88 Å². The van der Waals surface area contributed by atoms with Gasteiger partial charge in [0.2, 0.25) is 0 Å². The van der Waals surface area contributed by atoms with Gasteiger partial charge in [0.05, 0.1) is 40.5 Å². The lowest BCUT2D eigenvalue weighted by atomic mass is 10.1. The molecular formula is C18H14Cl2N4O. The zero-order valence-corrected chi connectivity index (χ0v) is 14.6. The van der Waals surface area contributed by atoms with Gasteiger partial charge in [0.15, 0.2) is 0 Å². The molecule has 2 aromatic carbocycles. The number of imidazole rings is 1. The molecule has 1 aromatic heterocycles. The third-order valence-electron chi connectivity index (χ3n) is 4.71. The quantitative estimate of drug-likeness (QED) is 0.686. The molecule has 7 heteroatoms. The molecule has 0 fully saturated rings. The molecule has 0 saturated heterocycles. The predicted molar refractivity (Wildman–Crippen MR) is 99.6 cm³/mol. The summed E-state index contributed by atoms with van der Waals surface area (Å²) in [6.07, 6.45) is -0.659. The Balaban J connectivity index is 1.69. The van der Waals surface area contributed by atoms with E-state index in [9.17, 15) is 5.11 Å². The van der Waals surface area contributed by atoms with E-state index in [1.807, 2.05) is 35.2 Å². The molecular weight excluding hydrogens is 359 g/mol. The number of halogens is 2. The fourth-order valence-electron chi connectivity index (χ4n) is 3.61. The topological polar surface area (TPSA) is 53.3 Å². The van der Waals surface area contributed by atoms with Crippen LogP contribution in [0.1, 0.15) is 5.82 Å². The second-order valence-electron chi connectivity index (χ2n) is 6.17. The Labute approximate surface area is 154 Å². The van der Waals surface area contributed by atoms with Crippen molar-refractivity contribution in [3.05, 3.63) is 64.2 Å². The minimum atomic E-state index is -0.659. The van der Waals surface area contributed by atoms with Crippen LogP contribution in [0, 0.1) is 0 Å². The van der Waals surface area contributed by atoms with Crippen molar-refractivity contribution in [2.24, 2.45) is 0 Å². The molecule has 3 heterocycles. The molecule has 2 N–H and O–H groups in total. The summed E-state index contributed by atoms with van der Waals surface area (Å²) in [5, 5.41) is 15.3. The summed E-state index contributed by atoms with van der Waals surface area (Å²) in [5.41, 5.74) is 3.52. The van der Waals surface area contributed by atoms with Crippen LogP contribution in [-0.4, -0.2) is 27.3 Å². The number of hydrogen-bond donors (Lipinski definition) is 2. The Morgan fingerprint density at radius 1 is 1.16 bits per heavy atom. The summed E-state index contributed by atoms with van der Waals surface area (Å²) < 4.78 is 2.08. The third kappa shape index (κ3) is 2.16. The molecule has 25 heavy (non-hydrogen) atoms. The maximum atomic E-state index is 10.7. The van der Waals surface area contributed by atoms with Crippen LogP contribution in [0.5, 0.6) is 0 Å². The van der Waals surface area contributed by atoms with E-state index in [1.54, 1.807) is 12.1 Å². The maximum absolute atomic E-state index is 10.7. The van der Waals surface area contributed by atoms with E-state index in [-0.39, 0.29) is 0 Å². The Bertz CT molecular complexity index is 1040. The minimum absolute atomic E-state index is 0.404. The second kappa shape index (κ2) is 5.39. The smallest absolute Gasteiger partial charge is 0.144 e. The monoisotopic (exact) mass is 372 g/mol. The van der Waals surface area contributed by atoms with E-state index in [0.717, 1.165) is 33.9 Å². The molecule has 0 aliphatic carbocycles. The van der Waals surface area contributed by atoms with Crippen LogP contribution in [0.15, 0.2) is 48.3 Å². The largest absolute Gasteiger partial charge is 0.386 e. The highest BCUT2D eigenvalue weighted by molar-refractivity contribution is 6.35. The third-order valence-corrected chi connectivity index (χ3v) is 5.27. The normalized spacial score (nSPS) is 19.2. The zero-order chi connectivity index (χ0) is 17.1. The van der Waals surface area contributed by atoms with Crippen LogP contribution >= 0.6 is 23.2 Å². The van der Waals surface area contributed by atoms with Crippen molar-refractivity contribution in [2.75, 3.05) is 11.4 Å². The Morgan fingerprint density at radius 2 is 2.00 bits per heavy atom. The van der Waals surface area contributed by atoms with E-state index >= 15 is 0 Å². The molecule has 0 radical (unpaired) electrons. The van der Waals surface area contributed by atoms with Crippen molar-refractivity contribution >= 4 is 45.5 Å². The fourth-order valence-corrected chi connectivity index (χ4v) is 4.00. The van der Waals surface area contributed by atoms with Crippen LogP contribution in [0.3, 0.4) is 0 Å². The lowest BCUT2D eigenvalue weighted by Crippen LogP contribution is -2.33. The van der Waals surface area contributed by atoms with Gasteiger partial charge in [-0.3, -0.25) is 0 Å².